The summed E-state index contributed by atoms with van der Waals surface area (Å²) in [4.78, 5) is 12.0. The first-order valence-electron chi connectivity index (χ1n) is 6.41. The third-order valence-corrected chi connectivity index (χ3v) is 3.54. The van der Waals surface area contributed by atoms with Crippen LogP contribution in [0.1, 0.15) is 41.6 Å². The Bertz CT molecular complexity index is 525. The molecular formula is C15H16ClNO2. The van der Waals surface area contributed by atoms with E-state index in [2.05, 4.69) is 17.2 Å². The van der Waals surface area contributed by atoms with Crippen molar-refractivity contribution in [2.75, 3.05) is 6.61 Å². The Labute approximate surface area is 118 Å². The molecule has 0 unspecified atom stereocenters. The van der Waals surface area contributed by atoms with Gasteiger partial charge in [-0.25, -0.2) is 0 Å². The summed E-state index contributed by atoms with van der Waals surface area (Å²) in [5.74, 6) is 5.18. The summed E-state index contributed by atoms with van der Waals surface area (Å²) >= 11 is 6.06. The molecule has 100 valence electrons. The van der Waals surface area contributed by atoms with Crippen molar-refractivity contribution in [2.24, 2.45) is 0 Å². The highest BCUT2D eigenvalue weighted by Gasteiger charge is 2.18. The number of aliphatic hydroxyl groups is 1. The smallest absolute Gasteiger partial charge is 0.251 e. The van der Waals surface area contributed by atoms with Gasteiger partial charge in [0, 0.05) is 17.2 Å². The van der Waals surface area contributed by atoms with Crippen LogP contribution < -0.4 is 5.32 Å². The van der Waals surface area contributed by atoms with E-state index in [9.17, 15) is 4.79 Å². The molecule has 1 aliphatic carbocycles. The Morgan fingerprint density at radius 2 is 2.16 bits per heavy atom. The summed E-state index contributed by atoms with van der Waals surface area (Å²) in [5, 5.41) is 12.1. The Morgan fingerprint density at radius 3 is 2.79 bits per heavy atom. The number of benzene rings is 1. The molecule has 0 atom stereocenters. The van der Waals surface area contributed by atoms with E-state index in [1.807, 2.05) is 0 Å². The lowest BCUT2D eigenvalue weighted by Gasteiger charge is -2.12. The fraction of sp³-hybridized carbons (Fsp3) is 0.400. The molecule has 1 aliphatic rings. The van der Waals surface area contributed by atoms with E-state index >= 15 is 0 Å². The minimum Gasteiger partial charge on any atom is -0.384 e. The Kier molecular flexibility index (Phi) is 4.84. The van der Waals surface area contributed by atoms with Gasteiger partial charge in [-0.2, -0.15) is 0 Å². The van der Waals surface area contributed by atoms with Crippen LogP contribution >= 0.6 is 11.6 Å². The number of amides is 1. The molecule has 4 heteroatoms. The quantitative estimate of drug-likeness (QED) is 0.816. The molecular weight excluding hydrogens is 262 g/mol. The van der Waals surface area contributed by atoms with Gasteiger partial charge in [-0.05, 0) is 31.0 Å². The van der Waals surface area contributed by atoms with Gasteiger partial charge in [-0.3, -0.25) is 4.79 Å². The molecule has 0 heterocycles. The SMILES string of the molecule is O=C(NC1CCCC1)c1ccc(C#CCO)c(Cl)c1. The van der Waals surface area contributed by atoms with Crippen molar-refractivity contribution in [1.82, 2.24) is 5.32 Å². The van der Waals surface area contributed by atoms with Crippen LogP contribution in [0.25, 0.3) is 0 Å². The molecule has 0 spiro atoms. The van der Waals surface area contributed by atoms with Crippen molar-refractivity contribution in [3.63, 3.8) is 0 Å². The maximum atomic E-state index is 12.0. The van der Waals surface area contributed by atoms with Crippen molar-refractivity contribution >= 4 is 17.5 Å². The van der Waals surface area contributed by atoms with E-state index < -0.39 is 0 Å². The standard InChI is InChI=1S/C15H16ClNO2/c16-14-10-12(8-7-11(14)4-3-9-18)15(19)17-13-5-1-2-6-13/h7-8,10,13,18H,1-2,5-6,9H2,(H,17,19). The van der Waals surface area contributed by atoms with Gasteiger partial charge in [-0.1, -0.05) is 36.3 Å². The predicted octanol–water partition coefficient (Wildman–Crippen LogP) is 2.36. The zero-order valence-corrected chi connectivity index (χ0v) is 11.3. The summed E-state index contributed by atoms with van der Waals surface area (Å²) < 4.78 is 0. The topological polar surface area (TPSA) is 49.3 Å². The average Bonchev–Trinajstić information content (AvgIpc) is 2.90. The van der Waals surface area contributed by atoms with Crippen LogP contribution in [0, 0.1) is 11.8 Å². The van der Waals surface area contributed by atoms with Crippen LogP contribution in [0.15, 0.2) is 18.2 Å². The zero-order chi connectivity index (χ0) is 13.7. The van der Waals surface area contributed by atoms with E-state index in [0.717, 1.165) is 12.8 Å². The minimum atomic E-state index is -0.208. The summed E-state index contributed by atoms with van der Waals surface area (Å²) in [7, 11) is 0. The second kappa shape index (κ2) is 6.60. The number of rotatable bonds is 2. The van der Waals surface area contributed by atoms with Gasteiger partial charge in [0.2, 0.25) is 0 Å². The molecule has 1 aromatic rings. The summed E-state index contributed by atoms with van der Waals surface area (Å²) in [6.07, 6.45) is 4.47. The summed E-state index contributed by atoms with van der Waals surface area (Å²) in [5.41, 5.74) is 1.17. The number of carbonyl (C=O) groups is 1. The maximum Gasteiger partial charge on any atom is 0.251 e. The number of nitrogens with one attached hydrogen (secondary N) is 1. The molecule has 2 rings (SSSR count). The molecule has 1 saturated carbocycles. The van der Waals surface area contributed by atoms with Gasteiger partial charge in [0.1, 0.15) is 6.61 Å². The van der Waals surface area contributed by atoms with Crippen molar-refractivity contribution in [3.05, 3.63) is 34.3 Å². The molecule has 0 bridgehead atoms. The second-order valence-corrected chi connectivity index (χ2v) is 5.02. The van der Waals surface area contributed by atoms with Crippen LogP contribution in [-0.2, 0) is 0 Å². The molecule has 0 radical (unpaired) electrons. The average molecular weight is 278 g/mol. The molecule has 1 amide bonds. The highest BCUT2D eigenvalue weighted by atomic mass is 35.5. The second-order valence-electron chi connectivity index (χ2n) is 4.61. The van der Waals surface area contributed by atoms with E-state index in [1.54, 1.807) is 18.2 Å². The fourth-order valence-corrected chi connectivity index (χ4v) is 2.46. The summed E-state index contributed by atoms with van der Waals surface area (Å²) in [6, 6.07) is 5.32. The van der Waals surface area contributed by atoms with Crippen LogP contribution in [0.3, 0.4) is 0 Å². The lowest BCUT2D eigenvalue weighted by atomic mass is 10.1. The van der Waals surface area contributed by atoms with E-state index in [1.165, 1.54) is 12.8 Å². The molecule has 0 aliphatic heterocycles. The molecule has 3 nitrogen and oxygen atoms in total. The number of hydrogen-bond donors (Lipinski definition) is 2. The number of aliphatic hydroxyl groups excluding tert-OH is 1. The van der Waals surface area contributed by atoms with Gasteiger partial charge in [0.25, 0.3) is 5.91 Å². The van der Waals surface area contributed by atoms with Crippen molar-refractivity contribution in [1.29, 1.82) is 0 Å². The predicted molar refractivity (Wildman–Crippen MR) is 75.1 cm³/mol. The van der Waals surface area contributed by atoms with E-state index in [0.29, 0.717) is 22.2 Å². The highest BCUT2D eigenvalue weighted by molar-refractivity contribution is 6.32. The van der Waals surface area contributed by atoms with Gasteiger partial charge in [0.05, 0.1) is 5.02 Å². The highest BCUT2D eigenvalue weighted by Crippen LogP contribution is 2.20. The first-order chi connectivity index (χ1) is 9.20. The van der Waals surface area contributed by atoms with Gasteiger partial charge < -0.3 is 10.4 Å². The van der Waals surface area contributed by atoms with Crippen molar-refractivity contribution in [3.8, 4) is 11.8 Å². The number of hydrogen-bond acceptors (Lipinski definition) is 2. The fourth-order valence-electron chi connectivity index (χ4n) is 2.23. The lowest BCUT2D eigenvalue weighted by molar-refractivity contribution is 0.0938. The monoisotopic (exact) mass is 277 g/mol. The van der Waals surface area contributed by atoms with Crippen LogP contribution in [0.2, 0.25) is 5.02 Å². The molecule has 1 aromatic carbocycles. The molecule has 0 saturated heterocycles. The third kappa shape index (κ3) is 3.73. The Morgan fingerprint density at radius 1 is 1.42 bits per heavy atom. The van der Waals surface area contributed by atoms with Crippen LogP contribution in [0.4, 0.5) is 0 Å². The van der Waals surface area contributed by atoms with Crippen LogP contribution in [0.5, 0.6) is 0 Å². The first kappa shape index (κ1) is 13.9. The van der Waals surface area contributed by atoms with E-state index in [4.69, 9.17) is 16.7 Å². The van der Waals surface area contributed by atoms with Gasteiger partial charge in [0.15, 0.2) is 0 Å². The molecule has 2 N–H and O–H groups in total. The zero-order valence-electron chi connectivity index (χ0n) is 10.6. The van der Waals surface area contributed by atoms with Crippen molar-refractivity contribution < 1.29 is 9.90 Å². The molecule has 1 fully saturated rings. The number of carbonyl (C=O) groups excluding carboxylic acids is 1. The maximum absolute atomic E-state index is 12.0. The van der Waals surface area contributed by atoms with E-state index in [-0.39, 0.29) is 12.5 Å². The summed E-state index contributed by atoms with van der Waals surface area (Å²) in [6.45, 7) is -0.208. The minimum absolute atomic E-state index is 0.0875. The third-order valence-electron chi connectivity index (χ3n) is 3.22. The lowest BCUT2D eigenvalue weighted by Crippen LogP contribution is -2.32. The molecule has 19 heavy (non-hydrogen) atoms. The van der Waals surface area contributed by atoms with Crippen molar-refractivity contribution in [2.45, 2.75) is 31.7 Å². The van der Waals surface area contributed by atoms with Gasteiger partial charge in [-0.15, -0.1) is 0 Å². The van der Waals surface area contributed by atoms with Crippen LogP contribution in [-0.4, -0.2) is 23.7 Å². The normalized spacial score (nSPS) is 14.8. The van der Waals surface area contributed by atoms with Gasteiger partial charge >= 0.3 is 0 Å². The Balaban J connectivity index is 2.08. The Hall–Kier alpha value is -1.50. The molecule has 0 aromatic heterocycles. The largest absolute Gasteiger partial charge is 0.384 e. The first-order valence-corrected chi connectivity index (χ1v) is 6.78. The number of halogens is 1.